The Bertz CT molecular complexity index is 2400. The molecule has 0 saturated carbocycles. The van der Waals surface area contributed by atoms with Gasteiger partial charge in [0.2, 0.25) is 33.4 Å². The molecule has 0 atom stereocenters. The number of allylic oxidation sites excluding steroid dienone is 2. The molecular formula is C25H3F5N18. The van der Waals surface area contributed by atoms with Crippen LogP contribution in [0.2, 0.25) is 0 Å². The summed E-state index contributed by atoms with van der Waals surface area (Å²) in [5.41, 5.74) is -4.17. The third-order valence-electron chi connectivity index (χ3n) is 6.09. The second-order valence-corrected chi connectivity index (χ2v) is 9.03. The van der Waals surface area contributed by atoms with E-state index in [1.807, 2.05) is 0 Å². The predicted octanol–water partition coefficient (Wildman–Crippen LogP) is -1.97. The topological polar surface area (TPSA) is 242 Å². The molecule has 0 saturated heterocycles. The Kier molecular flexibility index (Phi) is 6.54. The lowest BCUT2D eigenvalue weighted by Gasteiger charge is -2.07. The van der Waals surface area contributed by atoms with Gasteiger partial charge in [-0.15, -0.1) is 0 Å². The lowest BCUT2D eigenvalue weighted by Crippen LogP contribution is -2.31. The van der Waals surface area contributed by atoms with Crippen LogP contribution in [0.4, 0.5) is 22.0 Å². The molecule has 0 amide bonds. The molecule has 0 aromatic carbocycles. The van der Waals surface area contributed by atoms with Gasteiger partial charge in [-0.3, -0.25) is 0 Å². The van der Waals surface area contributed by atoms with Crippen LogP contribution in [-0.4, -0.2) is 44.9 Å². The molecular weight excluding hydrogens is 647 g/mol. The number of aromatic nitrogens is 9. The summed E-state index contributed by atoms with van der Waals surface area (Å²) in [6.45, 7) is 9.10. The first-order valence-corrected chi connectivity index (χ1v) is 12.5. The molecule has 7 rings (SSSR count). The van der Waals surface area contributed by atoms with Crippen LogP contribution in [0.5, 0.6) is 0 Å². The summed E-state index contributed by atoms with van der Waals surface area (Å²) in [5, 5.41) is 20.2. The molecule has 3 aliphatic rings. The highest BCUT2D eigenvalue weighted by Crippen LogP contribution is 2.26. The number of fused-ring (bicyclic) bond motifs is 3. The van der Waals surface area contributed by atoms with Gasteiger partial charge in [0.1, 0.15) is 23.3 Å². The van der Waals surface area contributed by atoms with Gasteiger partial charge in [0.05, 0.1) is 12.3 Å². The molecule has 7 heterocycles. The Morgan fingerprint density at radius 3 is 1.21 bits per heavy atom. The maximum atomic E-state index is 14.1. The Hall–Kier alpha value is -7.61. The first kappa shape index (κ1) is 29.1. The Morgan fingerprint density at radius 1 is 0.500 bits per heavy atom. The molecule has 3 aliphatic heterocycles. The summed E-state index contributed by atoms with van der Waals surface area (Å²) < 4.78 is 68.9. The van der Waals surface area contributed by atoms with Crippen molar-refractivity contribution in [3.8, 4) is 12.1 Å². The first-order chi connectivity index (χ1) is 23.1. The number of nitrogens with zero attached hydrogens (tertiary/aromatic N) is 18. The summed E-state index contributed by atoms with van der Waals surface area (Å²) in [5.74, 6) is -10.5. The van der Waals surface area contributed by atoms with Gasteiger partial charge >= 0.3 is 0 Å². The van der Waals surface area contributed by atoms with E-state index in [0.717, 1.165) is 0 Å². The second-order valence-electron chi connectivity index (χ2n) is 9.03. The van der Waals surface area contributed by atoms with Crippen molar-refractivity contribution in [2.24, 2.45) is 30.0 Å². The number of halogens is 5. The molecule has 0 bridgehead atoms. The molecule has 48 heavy (non-hydrogen) atoms. The van der Waals surface area contributed by atoms with E-state index in [9.17, 15) is 32.5 Å². The molecule has 23 heteroatoms. The molecule has 0 aliphatic carbocycles. The quantitative estimate of drug-likeness (QED) is 0.134. The minimum Gasteiger partial charge on any atom is -0.230 e. The SMILES string of the molecule is [C-]#[N+]C(=C1N=c2nc(F)c(F)nc2=N1)c1nc(C(C#N)=C2N=c3nc(F)c(F)nc3=N2)nc(/C(C#N)=C2/N=c3nc(C)c(F)nc3=N2)n1. The highest BCUT2D eigenvalue weighted by Gasteiger charge is 2.26. The van der Waals surface area contributed by atoms with Crippen LogP contribution in [0.1, 0.15) is 23.2 Å². The van der Waals surface area contributed by atoms with E-state index in [0.29, 0.717) is 0 Å². The molecule has 18 nitrogen and oxygen atoms in total. The van der Waals surface area contributed by atoms with E-state index in [1.165, 1.54) is 6.92 Å². The van der Waals surface area contributed by atoms with E-state index in [-0.39, 0.29) is 16.7 Å². The van der Waals surface area contributed by atoms with Crippen LogP contribution in [0.3, 0.4) is 0 Å². The average molecular weight is 650 g/mol. The van der Waals surface area contributed by atoms with E-state index in [1.54, 1.807) is 12.1 Å². The van der Waals surface area contributed by atoms with E-state index >= 15 is 0 Å². The monoisotopic (exact) mass is 650 g/mol. The van der Waals surface area contributed by atoms with Crippen molar-refractivity contribution in [1.82, 2.24) is 44.9 Å². The van der Waals surface area contributed by atoms with Crippen LogP contribution in [-0.2, 0) is 0 Å². The minimum atomic E-state index is -1.59. The highest BCUT2D eigenvalue weighted by molar-refractivity contribution is 5.80. The van der Waals surface area contributed by atoms with Crippen LogP contribution in [0.25, 0.3) is 21.7 Å². The summed E-state index contributed by atoms with van der Waals surface area (Å²) in [6.07, 6.45) is 0. The van der Waals surface area contributed by atoms with E-state index in [4.69, 9.17) is 6.57 Å². The van der Waals surface area contributed by atoms with E-state index in [2.05, 4.69) is 79.7 Å². The van der Waals surface area contributed by atoms with E-state index < -0.39 is 103 Å². The van der Waals surface area contributed by atoms with Gasteiger partial charge in [-0.05, 0) is 6.92 Å². The summed E-state index contributed by atoms with van der Waals surface area (Å²) >= 11 is 0. The Balaban J connectivity index is 1.50. The standard InChI is InChI=1S/C25H3F5N18/c1-5-9(26)35-21-20(34-5)43-16(44-21)6(3-31)14-40-15(7(4-32)17-45-22-23(46-17)37-11(28)10(27)36-22)42-18(41-14)8(33-2)19-47-24-25(48-19)39-13(30)12(29)38-24/h1H3/b16-6-. The molecule has 0 radical (unpaired) electrons. The Morgan fingerprint density at radius 2 is 0.833 bits per heavy atom. The minimum absolute atomic E-state index is 0.113. The maximum absolute atomic E-state index is 14.1. The molecule has 0 N–H and O–H groups in total. The Labute approximate surface area is 258 Å². The van der Waals surface area contributed by atoms with Crippen molar-refractivity contribution in [1.29, 1.82) is 10.5 Å². The predicted molar refractivity (Wildman–Crippen MR) is 136 cm³/mol. The average Bonchev–Trinajstić information content (AvgIpc) is 3.76. The van der Waals surface area contributed by atoms with Crippen molar-refractivity contribution in [2.75, 3.05) is 0 Å². The molecule has 0 unspecified atom stereocenters. The number of nitriles is 2. The fourth-order valence-corrected chi connectivity index (χ4v) is 4.00. The molecule has 228 valence electrons. The van der Waals surface area contributed by atoms with Crippen molar-refractivity contribution in [3.05, 3.63) is 115 Å². The second kappa shape index (κ2) is 10.8. The highest BCUT2D eigenvalue weighted by atomic mass is 19.2. The third kappa shape index (κ3) is 4.74. The van der Waals surface area contributed by atoms with Gasteiger partial charge in [-0.25, -0.2) is 54.7 Å². The number of hydrogen-bond donors (Lipinski definition) is 0. The lowest BCUT2D eigenvalue weighted by atomic mass is 10.2. The van der Waals surface area contributed by atoms with Gasteiger partial charge in [0, 0.05) is 0 Å². The summed E-state index contributed by atoms with van der Waals surface area (Å²) in [6, 6.07) is 3.51. The first-order valence-electron chi connectivity index (χ1n) is 12.5. The van der Waals surface area contributed by atoms with Crippen LogP contribution in [0, 0.1) is 65.9 Å². The normalized spacial score (nSPS) is 14.3. The lowest BCUT2D eigenvalue weighted by molar-refractivity contribution is 0.443. The van der Waals surface area contributed by atoms with Crippen molar-refractivity contribution in [2.45, 2.75) is 6.92 Å². The smallest absolute Gasteiger partial charge is 0.230 e. The molecule has 0 fully saturated rings. The molecule has 0 spiro atoms. The van der Waals surface area contributed by atoms with Crippen molar-refractivity contribution < 1.29 is 22.0 Å². The number of rotatable bonds is 3. The summed E-state index contributed by atoms with van der Waals surface area (Å²) in [4.78, 5) is 60.0. The van der Waals surface area contributed by atoms with Gasteiger partial charge in [-0.1, -0.05) is 0 Å². The van der Waals surface area contributed by atoms with Crippen LogP contribution in [0.15, 0.2) is 47.4 Å². The number of aryl methyl sites for hydroxylation is 1. The van der Waals surface area contributed by atoms with Gasteiger partial charge in [0.25, 0.3) is 29.5 Å². The summed E-state index contributed by atoms with van der Waals surface area (Å²) in [7, 11) is 0. The largest absolute Gasteiger partial charge is 0.274 e. The van der Waals surface area contributed by atoms with Gasteiger partial charge < -0.3 is 0 Å². The van der Waals surface area contributed by atoms with Crippen molar-refractivity contribution >= 4 is 16.8 Å². The number of hydrogen-bond acceptors (Lipinski definition) is 17. The van der Waals surface area contributed by atoms with Crippen LogP contribution >= 0.6 is 0 Å². The van der Waals surface area contributed by atoms with Crippen molar-refractivity contribution in [3.63, 3.8) is 0 Å². The van der Waals surface area contributed by atoms with Crippen LogP contribution < -0.4 is 32.9 Å². The van der Waals surface area contributed by atoms with Gasteiger partial charge in [-0.2, -0.15) is 57.4 Å². The van der Waals surface area contributed by atoms with Gasteiger partial charge in [0.15, 0.2) is 40.4 Å². The zero-order valence-electron chi connectivity index (χ0n) is 22.9. The fraction of sp³-hybridized carbons (Fsp3) is 0.0400. The molecule has 4 aromatic heterocycles. The zero-order valence-corrected chi connectivity index (χ0v) is 22.9. The fourth-order valence-electron chi connectivity index (χ4n) is 4.00. The maximum Gasteiger partial charge on any atom is 0.274 e. The third-order valence-corrected chi connectivity index (χ3v) is 6.09. The zero-order chi connectivity index (χ0) is 33.9. The molecule has 4 aromatic rings.